The van der Waals surface area contributed by atoms with Crippen LogP contribution in [0.4, 0.5) is 0 Å². The molecule has 0 spiro atoms. The summed E-state index contributed by atoms with van der Waals surface area (Å²) >= 11 is 0. The molecule has 6 heteroatoms. The number of nitrogens with zero attached hydrogens (tertiary/aromatic N) is 4. The molecule has 0 radical (unpaired) electrons. The first-order valence-electron chi connectivity index (χ1n) is 9.56. The average molecular weight is 306 g/mol. The van der Waals surface area contributed by atoms with Crippen LogP contribution in [0.2, 0.25) is 12.6 Å². The maximum Gasteiger partial charge on any atom is 0.310 e. The Hall–Kier alpha value is -0.0301. The second-order valence-corrected chi connectivity index (χ2v) is 7.18. The van der Waals surface area contributed by atoms with Gasteiger partial charge in [0.2, 0.25) is 0 Å². The Morgan fingerprint density at radius 3 is 2.14 bits per heavy atom. The van der Waals surface area contributed by atoms with Crippen molar-refractivity contribution in [2.24, 2.45) is 0 Å². The molecule has 2 rings (SSSR count). The zero-order valence-electron chi connectivity index (χ0n) is 15.6. The maximum atomic E-state index is 2.77. The Morgan fingerprint density at radius 2 is 1.50 bits per heavy atom. The lowest BCUT2D eigenvalue weighted by molar-refractivity contribution is 0.202. The van der Waals surface area contributed by atoms with E-state index in [0.29, 0.717) is 20.0 Å². The molecule has 0 N–H and O–H groups in total. The Labute approximate surface area is 139 Å². The predicted octanol–water partition coefficient (Wildman–Crippen LogP) is 2.06. The topological polar surface area (TPSA) is 13.0 Å². The smallest absolute Gasteiger partial charge is 0.310 e. The van der Waals surface area contributed by atoms with Crippen molar-refractivity contribution in [2.45, 2.75) is 59.2 Å². The van der Waals surface area contributed by atoms with Gasteiger partial charge in [-0.2, -0.15) is 0 Å². The minimum atomic E-state index is 0.642. The van der Waals surface area contributed by atoms with Gasteiger partial charge in [-0.1, -0.05) is 20.8 Å². The Kier molecular flexibility index (Phi) is 7.26. The second kappa shape index (κ2) is 8.72. The summed E-state index contributed by atoms with van der Waals surface area (Å²) in [7, 11) is 2.29. The molecule has 2 fully saturated rings. The third kappa shape index (κ3) is 4.08. The first-order valence-corrected chi connectivity index (χ1v) is 9.56. The van der Waals surface area contributed by atoms with Gasteiger partial charge in [0, 0.05) is 12.6 Å². The third-order valence-electron chi connectivity index (χ3n) is 5.75. The summed E-state index contributed by atoms with van der Waals surface area (Å²) in [5.74, 6) is 0. The largest absolute Gasteiger partial charge is 0.331 e. The van der Waals surface area contributed by atoms with Crippen molar-refractivity contribution in [3.05, 3.63) is 0 Å². The minimum absolute atomic E-state index is 0.642. The van der Waals surface area contributed by atoms with E-state index in [-0.39, 0.29) is 0 Å². The maximum absolute atomic E-state index is 2.77. The Morgan fingerprint density at radius 1 is 0.864 bits per heavy atom. The fraction of sp³-hybridized carbons (Fsp3) is 1.00. The van der Waals surface area contributed by atoms with Crippen LogP contribution in [0.5, 0.6) is 0 Å². The fourth-order valence-electron chi connectivity index (χ4n) is 4.67. The van der Waals surface area contributed by atoms with Crippen molar-refractivity contribution in [1.29, 1.82) is 0 Å². The fourth-order valence-corrected chi connectivity index (χ4v) is 4.67. The van der Waals surface area contributed by atoms with E-state index in [0.717, 1.165) is 0 Å². The van der Waals surface area contributed by atoms with Crippen LogP contribution in [-0.4, -0.2) is 85.6 Å². The summed E-state index contributed by atoms with van der Waals surface area (Å²) in [5, 5.41) is 0. The molecular formula is C16H36B2N4. The molecule has 2 saturated heterocycles. The third-order valence-corrected chi connectivity index (χ3v) is 5.75. The van der Waals surface area contributed by atoms with Gasteiger partial charge in [-0.25, -0.2) is 0 Å². The van der Waals surface area contributed by atoms with Crippen LogP contribution in [0, 0.1) is 0 Å². The van der Waals surface area contributed by atoms with Gasteiger partial charge in [0.05, 0.1) is 0 Å². The molecule has 22 heavy (non-hydrogen) atoms. The van der Waals surface area contributed by atoms with Crippen molar-refractivity contribution >= 4 is 14.0 Å². The average Bonchev–Trinajstić information content (AvgIpc) is 2.54. The summed E-state index contributed by atoms with van der Waals surface area (Å²) < 4.78 is 0. The van der Waals surface area contributed by atoms with E-state index in [4.69, 9.17) is 0 Å². The Balaban J connectivity index is 1.98. The van der Waals surface area contributed by atoms with Gasteiger partial charge >= 0.3 is 14.0 Å². The standard InChI is InChI=1S/C16H36B2N4/c1-6-17-19(5)11-9-13-21(17)15-16(4)22-14-10-12-20(8-3)18(22)7-2/h16H,6-15H2,1-5H3. The zero-order valence-corrected chi connectivity index (χ0v) is 15.6. The van der Waals surface area contributed by atoms with Crippen LogP contribution in [0.25, 0.3) is 0 Å². The van der Waals surface area contributed by atoms with Gasteiger partial charge in [0.1, 0.15) is 0 Å². The van der Waals surface area contributed by atoms with Crippen molar-refractivity contribution in [3.63, 3.8) is 0 Å². The summed E-state index contributed by atoms with van der Waals surface area (Å²) in [6, 6.07) is 0.653. The van der Waals surface area contributed by atoms with Crippen LogP contribution < -0.4 is 0 Å². The lowest BCUT2D eigenvalue weighted by atomic mass is 9.64. The molecule has 2 heterocycles. The minimum Gasteiger partial charge on any atom is -0.331 e. The monoisotopic (exact) mass is 306 g/mol. The lowest BCUT2D eigenvalue weighted by Gasteiger charge is -2.47. The van der Waals surface area contributed by atoms with Gasteiger partial charge in [-0.3, -0.25) is 0 Å². The summed E-state index contributed by atoms with van der Waals surface area (Å²) in [4.78, 5) is 10.7. The summed E-state index contributed by atoms with van der Waals surface area (Å²) in [6.45, 7) is 18.2. The Bertz CT molecular complexity index is 331. The lowest BCUT2D eigenvalue weighted by Crippen LogP contribution is -2.64. The molecule has 0 aromatic rings. The van der Waals surface area contributed by atoms with E-state index in [1.807, 2.05) is 0 Å². The number of hydrogen-bond acceptors (Lipinski definition) is 4. The van der Waals surface area contributed by atoms with Gasteiger partial charge in [-0.05, 0) is 72.2 Å². The van der Waals surface area contributed by atoms with Gasteiger partial charge in [0.15, 0.2) is 0 Å². The molecule has 2 aliphatic heterocycles. The molecule has 4 nitrogen and oxygen atoms in total. The SMILES string of the molecule is CCB1N(C)CCCN1CC(C)N1CCCN(CC)B1CC. The molecule has 0 aromatic carbocycles. The highest BCUT2D eigenvalue weighted by atomic mass is 15.3. The van der Waals surface area contributed by atoms with Gasteiger partial charge < -0.3 is 19.2 Å². The molecule has 0 bridgehead atoms. The molecule has 126 valence electrons. The van der Waals surface area contributed by atoms with Crippen LogP contribution in [0.15, 0.2) is 0 Å². The summed E-state index contributed by atoms with van der Waals surface area (Å²) in [6.07, 6.45) is 5.13. The first kappa shape index (κ1) is 18.3. The normalized spacial score (nSPS) is 25.0. The van der Waals surface area contributed by atoms with Crippen molar-refractivity contribution in [2.75, 3.05) is 46.3 Å². The van der Waals surface area contributed by atoms with Gasteiger partial charge in [0.25, 0.3) is 0 Å². The van der Waals surface area contributed by atoms with E-state index in [9.17, 15) is 0 Å². The highest BCUT2D eigenvalue weighted by Crippen LogP contribution is 2.20. The summed E-state index contributed by atoms with van der Waals surface area (Å²) in [5.41, 5.74) is 0. The van der Waals surface area contributed by atoms with E-state index in [1.54, 1.807) is 0 Å². The quantitative estimate of drug-likeness (QED) is 0.696. The van der Waals surface area contributed by atoms with Crippen molar-refractivity contribution in [1.82, 2.24) is 19.2 Å². The van der Waals surface area contributed by atoms with Crippen LogP contribution in [-0.2, 0) is 0 Å². The van der Waals surface area contributed by atoms with E-state index >= 15 is 0 Å². The number of hydrogen-bond donors (Lipinski definition) is 0. The zero-order chi connectivity index (χ0) is 16.1. The highest BCUT2D eigenvalue weighted by Gasteiger charge is 2.36. The highest BCUT2D eigenvalue weighted by molar-refractivity contribution is 6.53. The molecular weight excluding hydrogens is 270 g/mol. The molecule has 0 aromatic heterocycles. The van der Waals surface area contributed by atoms with E-state index < -0.39 is 0 Å². The first-order chi connectivity index (χ1) is 10.6. The molecule has 0 aliphatic carbocycles. The van der Waals surface area contributed by atoms with Crippen LogP contribution in [0.3, 0.4) is 0 Å². The molecule has 1 atom stereocenters. The molecule has 0 amide bonds. The second-order valence-electron chi connectivity index (χ2n) is 7.18. The van der Waals surface area contributed by atoms with E-state index in [2.05, 4.69) is 54.0 Å². The molecule has 1 unspecified atom stereocenters. The van der Waals surface area contributed by atoms with Crippen molar-refractivity contribution < 1.29 is 0 Å². The molecule has 0 saturated carbocycles. The van der Waals surface area contributed by atoms with Crippen molar-refractivity contribution in [3.8, 4) is 0 Å². The van der Waals surface area contributed by atoms with Crippen LogP contribution >= 0.6 is 0 Å². The van der Waals surface area contributed by atoms with E-state index in [1.165, 1.54) is 64.8 Å². The molecule has 2 aliphatic rings. The van der Waals surface area contributed by atoms with Crippen LogP contribution in [0.1, 0.15) is 40.5 Å². The predicted molar refractivity (Wildman–Crippen MR) is 99.3 cm³/mol. The van der Waals surface area contributed by atoms with Gasteiger partial charge in [-0.15, -0.1) is 0 Å². The number of rotatable bonds is 6.